The smallest absolute Gasteiger partial charge is 0.158 e. The maximum Gasteiger partial charge on any atom is 0.158 e. The highest BCUT2D eigenvalue weighted by Crippen LogP contribution is 2.13. The van der Waals surface area contributed by atoms with Crippen LogP contribution in [0.25, 0.3) is 0 Å². The number of hydrogen-bond donors (Lipinski definition) is 1. The minimum Gasteiger partial charge on any atom is -0.378 e. The van der Waals surface area contributed by atoms with Crippen LogP contribution in [0.5, 0.6) is 0 Å². The van der Waals surface area contributed by atoms with Gasteiger partial charge in [-0.05, 0) is 25.3 Å². The molecule has 12 heavy (non-hydrogen) atoms. The van der Waals surface area contributed by atoms with Crippen LogP contribution < -0.4 is 5.73 Å². The Hall–Kier alpha value is -0.960. The molecule has 0 bridgehead atoms. The number of hydrogen-bond acceptors (Lipinski definition) is 2. The van der Waals surface area contributed by atoms with Gasteiger partial charge in [-0.15, -0.1) is 0 Å². The lowest BCUT2D eigenvalue weighted by Gasteiger charge is -1.96. The molecule has 0 saturated heterocycles. The van der Waals surface area contributed by atoms with Gasteiger partial charge >= 0.3 is 0 Å². The van der Waals surface area contributed by atoms with Gasteiger partial charge in [-0.2, -0.15) is 0 Å². The van der Waals surface area contributed by atoms with E-state index >= 15 is 0 Å². The van der Waals surface area contributed by atoms with E-state index in [2.05, 4.69) is 4.99 Å². The number of nitrogens with two attached hydrogens (primary N) is 1. The van der Waals surface area contributed by atoms with Crippen LogP contribution in [-0.4, -0.2) is 11.4 Å². The average Bonchev–Trinajstić information content (AvgIpc) is 2.09. The second kappa shape index (κ2) is 4.16. The molecule has 0 spiro atoms. The van der Waals surface area contributed by atoms with Crippen molar-refractivity contribution < 1.29 is 0 Å². The third-order valence-electron chi connectivity index (χ3n) is 1.48. The molecule has 0 heterocycles. The highest BCUT2D eigenvalue weighted by Gasteiger charge is 1.90. The van der Waals surface area contributed by atoms with Gasteiger partial charge in [0.1, 0.15) is 0 Å². The lowest BCUT2D eigenvalue weighted by atomic mass is 10.2. The summed E-state index contributed by atoms with van der Waals surface area (Å²) in [5.74, 6) is 0. The van der Waals surface area contributed by atoms with Crippen LogP contribution in [0.15, 0.2) is 29.3 Å². The molecule has 0 amide bonds. The van der Waals surface area contributed by atoms with Gasteiger partial charge in [0.25, 0.3) is 0 Å². The lowest BCUT2D eigenvalue weighted by molar-refractivity contribution is 1.43. The van der Waals surface area contributed by atoms with Gasteiger partial charge in [0, 0.05) is 0 Å². The normalized spacial score (nSPS) is 11.7. The third-order valence-corrected chi connectivity index (χ3v) is 1.99. The molecular weight excluding hydrogens is 168 g/mol. The van der Waals surface area contributed by atoms with Crippen LogP contribution in [0, 0.1) is 6.92 Å². The summed E-state index contributed by atoms with van der Waals surface area (Å²) in [6, 6.07) is 7.95. The number of benzene rings is 1. The van der Waals surface area contributed by atoms with Gasteiger partial charge in [0.2, 0.25) is 0 Å². The molecule has 0 atom stereocenters. The van der Waals surface area contributed by atoms with E-state index in [1.54, 1.807) is 0 Å². The standard InChI is InChI=1S/C9H12N2S/c1-7-3-5-8(6-4-7)11-9(10)12-2/h3-6H,1-2H3,(H2,10,11). The maximum atomic E-state index is 5.56. The molecule has 2 nitrogen and oxygen atoms in total. The van der Waals surface area contributed by atoms with Crippen molar-refractivity contribution in [2.45, 2.75) is 6.92 Å². The van der Waals surface area contributed by atoms with Gasteiger partial charge in [-0.3, -0.25) is 0 Å². The summed E-state index contributed by atoms with van der Waals surface area (Å²) in [6.45, 7) is 2.05. The second-order valence-corrected chi connectivity index (χ2v) is 3.32. The molecule has 0 aromatic heterocycles. The van der Waals surface area contributed by atoms with Crippen LogP contribution in [-0.2, 0) is 0 Å². The first kappa shape index (κ1) is 9.13. The molecule has 3 heteroatoms. The molecule has 1 rings (SSSR count). The summed E-state index contributed by atoms with van der Waals surface area (Å²) in [5.41, 5.74) is 7.70. The van der Waals surface area contributed by atoms with E-state index in [-0.39, 0.29) is 0 Å². The lowest BCUT2D eigenvalue weighted by Crippen LogP contribution is -2.03. The molecule has 0 fully saturated rings. The highest BCUT2D eigenvalue weighted by atomic mass is 32.2. The van der Waals surface area contributed by atoms with Gasteiger partial charge in [-0.1, -0.05) is 29.5 Å². The second-order valence-electron chi connectivity index (χ2n) is 2.49. The Bertz CT molecular complexity index is 277. The van der Waals surface area contributed by atoms with E-state index in [4.69, 9.17) is 5.73 Å². The number of rotatable bonds is 1. The highest BCUT2D eigenvalue weighted by molar-refractivity contribution is 8.13. The van der Waals surface area contributed by atoms with E-state index in [1.165, 1.54) is 17.3 Å². The molecule has 1 aromatic rings. The van der Waals surface area contributed by atoms with Crippen molar-refractivity contribution in [2.24, 2.45) is 10.7 Å². The van der Waals surface area contributed by atoms with Crippen molar-refractivity contribution in [1.29, 1.82) is 0 Å². The first-order valence-corrected chi connectivity index (χ1v) is 4.89. The fourth-order valence-electron chi connectivity index (χ4n) is 0.792. The largest absolute Gasteiger partial charge is 0.378 e. The van der Waals surface area contributed by atoms with Gasteiger partial charge in [-0.25, -0.2) is 4.99 Å². The Labute approximate surface area is 76.9 Å². The predicted octanol–water partition coefficient (Wildman–Crippen LogP) is 2.30. The van der Waals surface area contributed by atoms with Crippen LogP contribution in [0.2, 0.25) is 0 Å². The molecule has 0 aliphatic heterocycles. The Morgan fingerprint density at radius 2 is 1.92 bits per heavy atom. The molecule has 0 saturated carbocycles. The zero-order chi connectivity index (χ0) is 8.97. The van der Waals surface area contributed by atoms with E-state index in [0.717, 1.165) is 5.69 Å². The zero-order valence-corrected chi connectivity index (χ0v) is 8.06. The SMILES string of the molecule is CSC(N)=Nc1ccc(C)cc1. The number of nitrogens with zero attached hydrogens (tertiary/aromatic N) is 1. The fourth-order valence-corrected chi connectivity index (χ4v) is 0.989. The maximum absolute atomic E-state index is 5.56. The number of thioether (sulfide) groups is 1. The summed E-state index contributed by atoms with van der Waals surface area (Å²) in [5, 5.41) is 0.596. The van der Waals surface area contributed by atoms with E-state index in [1.807, 2.05) is 37.4 Å². The van der Waals surface area contributed by atoms with Crippen molar-refractivity contribution in [1.82, 2.24) is 0 Å². The fraction of sp³-hybridized carbons (Fsp3) is 0.222. The average molecular weight is 180 g/mol. The third kappa shape index (κ3) is 2.58. The molecule has 1 aromatic carbocycles. The van der Waals surface area contributed by atoms with Crippen LogP contribution in [0.3, 0.4) is 0 Å². The monoisotopic (exact) mass is 180 g/mol. The van der Waals surface area contributed by atoms with Crippen molar-refractivity contribution in [2.75, 3.05) is 6.26 Å². The minimum absolute atomic E-state index is 0.596. The molecule has 2 N–H and O–H groups in total. The molecule has 0 aliphatic rings. The number of aliphatic imine (C=N–C) groups is 1. The van der Waals surface area contributed by atoms with Crippen LogP contribution >= 0.6 is 11.8 Å². The number of amidine groups is 1. The Kier molecular flexibility index (Phi) is 3.17. The summed E-state index contributed by atoms with van der Waals surface area (Å²) in [7, 11) is 0. The van der Waals surface area contributed by atoms with Gasteiger partial charge < -0.3 is 5.73 Å². The Morgan fingerprint density at radius 1 is 1.33 bits per heavy atom. The molecule has 0 radical (unpaired) electrons. The van der Waals surface area contributed by atoms with E-state index in [9.17, 15) is 0 Å². The first-order valence-electron chi connectivity index (χ1n) is 3.67. The van der Waals surface area contributed by atoms with E-state index in [0.29, 0.717) is 5.17 Å². The quantitative estimate of drug-likeness (QED) is 0.532. The number of aryl methyl sites for hydroxylation is 1. The van der Waals surface area contributed by atoms with Crippen LogP contribution in [0.1, 0.15) is 5.56 Å². The van der Waals surface area contributed by atoms with E-state index < -0.39 is 0 Å². The van der Waals surface area contributed by atoms with Crippen molar-refractivity contribution in [3.63, 3.8) is 0 Å². The summed E-state index contributed by atoms with van der Waals surface area (Å²) >= 11 is 1.45. The topological polar surface area (TPSA) is 38.4 Å². The Balaban J connectivity index is 2.84. The molecule has 0 aliphatic carbocycles. The van der Waals surface area contributed by atoms with Gasteiger partial charge in [0.15, 0.2) is 5.17 Å². The first-order chi connectivity index (χ1) is 5.72. The van der Waals surface area contributed by atoms with Crippen molar-refractivity contribution in [3.8, 4) is 0 Å². The van der Waals surface area contributed by atoms with Gasteiger partial charge in [0.05, 0.1) is 5.69 Å². The minimum atomic E-state index is 0.596. The molecule has 0 unspecified atom stereocenters. The molecule has 64 valence electrons. The molecular formula is C9H12N2S. The summed E-state index contributed by atoms with van der Waals surface area (Å²) < 4.78 is 0. The van der Waals surface area contributed by atoms with Crippen molar-refractivity contribution >= 4 is 22.6 Å². The summed E-state index contributed by atoms with van der Waals surface area (Å²) in [6.07, 6.45) is 1.91. The summed E-state index contributed by atoms with van der Waals surface area (Å²) in [4.78, 5) is 4.18. The predicted molar refractivity (Wildman–Crippen MR) is 56.0 cm³/mol. The Morgan fingerprint density at radius 3 is 2.42 bits per heavy atom. The van der Waals surface area contributed by atoms with Crippen molar-refractivity contribution in [3.05, 3.63) is 29.8 Å². The zero-order valence-electron chi connectivity index (χ0n) is 7.24. The van der Waals surface area contributed by atoms with Crippen LogP contribution in [0.4, 0.5) is 5.69 Å².